The molecule has 0 radical (unpaired) electrons. The molecule has 3 N–H and O–H groups in total. The first kappa shape index (κ1) is 13.9. The molecule has 2 rings (SSSR count). The van der Waals surface area contributed by atoms with Crippen LogP contribution in [0, 0.1) is 5.82 Å². The molecule has 0 spiro atoms. The van der Waals surface area contributed by atoms with E-state index < -0.39 is 5.82 Å². The van der Waals surface area contributed by atoms with Crippen molar-refractivity contribution < 1.29 is 4.39 Å². The van der Waals surface area contributed by atoms with Gasteiger partial charge in [0.15, 0.2) is 5.82 Å². The van der Waals surface area contributed by atoms with Crippen molar-refractivity contribution >= 4 is 38.8 Å². The smallest absolute Gasteiger partial charge is 0.161 e. The molecule has 0 atom stereocenters. The van der Waals surface area contributed by atoms with E-state index in [-0.39, 0.29) is 9.46 Å². The first-order valence-electron chi connectivity index (χ1n) is 5.50. The highest BCUT2D eigenvalue weighted by Gasteiger charge is 2.12. The van der Waals surface area contributed by atoms with Gasteiger partial charge < -0.3 is 11.1 Å². The first-order valence-corrected chi connectivity index (χ1v) is 6.70. The van der Waals surface area contributed by atoms with Gasteiger partial charge in [-0.1, -0.05) is 18.3 Å². The third-order valence-electron chi connectivity index (χ3n) is 2.55. The van der Waals surface area contributed by atoms with Crippen LogP contribution in [-0.4, -0.2) is 9.97 Å². The second kappa shape index (κ2) is 6.08. The zero-order valence-electron chi connectivity index (χ0n) is 9.86. The average Bonchev–Trinajstić information content (AvgIpc) is 2.41. The summed E-state index contributed by atoms with van der Waals surface area (Å²) in [6, 6.07) is 7.04. The van der Waals surface area contributed by atoms with Crippen LogP contribution in [0.15, 0.2) is 41.1 Å². The van der Waals surface area contributed by atoms with E-state index in [0.29, 0.717) is 17.8 Å². The number of pyridine rings is 1. The van der Waals surface area contributed by atoms with Crippen LogP contribution in [0.25, 0.3) is 0 Å². The third-order valence-corrected chi connectivity index (χ3v) is 3.55. The molecule has 98 valence electrons. The SMILES string of the molecule is NC(=S)c1ccc(NCc2cccnc2)c(F)c1Br. The number of thiocarbonyl (C=S) groups is 1. The Morgan fingerprint density at radius 3 is 2.84 bits per heavy atom. The Bertz CT molecular complexity index is 604. The summed E-state index contributed by atoms with van der Waals surface area (Å²) in [6.45, 7) is 0.490. The molecule has 0 aliphatic carbocycles. The molecule has 1 aromatic carbocycles. The largest absolute Gasteiger partial charge is 0.389 e. The molecule has 2 aromatic rings. The number of halogens is 2. The van der Waals surface area contributed by atoms with Gasteiger partial charge in [-0.05, 0) is 39.7 Å². The van der Waals surface area contributed by atoms with Crippen LogP contribution in [0.1, 0.15) is 11.1 Å². The summed E-state index contributed by atoms with van der Waals surface area (Å²) < 4.78 is 14.4. The van der Waals surface area contributed by atoms with E-state index in [1.165, 1.54) is 0 Å². The molecular formula is C13H11BrFN3S. The van der Waals surface area contributed by atoms with Crippen molar-refractivity contribution in [1.82, 2.24) is 4.98 Å². The van der Waals surface area contributed by atoms with E-state index in [9.17, 15) is 4.39 Å². The summed E-state index contributed by atoms with van der Waals surface area (Å²) in [4.78, 5) is 4.15. The number of aromatic nitrogens is 1. The molecule has 1 heterocycles. The highest BCUT2D eigenvalue weighted by atomic mass is 79.9. The van der Waals surface area contributed by atoms with Crippen molar-refractivity contribution in [2.24, 2.45) is 5.73 Å². The summed E-state index contributed by atoms with van der Waals surface area (Å²) >= 11 is 8.01. The maximum absolute atomic E-state index is 14.1. The van der Waals surface area contributed by atoms with Crippen molar-refractivity contribution in [3.05, 3.63) is 58.1 Å². The van der Waals surface area contributed by atoms with Gasteiger partial charge in [0.2, 0.25) is 0 Å². The number of hydrogen-bond acceptors (Lipinski definition) is 3. The van der Waals surface area contributed by atoms with E-state index >= 15 is 0 Å². The van der Waals surface area contributed by atoms with Crippen LogP contribution < -0.4 is 11.1 Å². The van der Waals surface area contributed by atoms with E-state index in [1.807, 2.05) is 12.1 Å². The van der Waals surface area contributed by atoms with Crippen molar-refractivity contribution in [1.29, 1.82) is 0 Å². The normalized spacial score (nSPS) is 10.2. The number of benzene rings is 1. The average molecular weight is 340 g/mol. The molecule has 0 aliphatic heterocycles. The molecule has 0 fully saturated rings. The highest BCUT2D eigenvalue weighted by Crippen LogP contribution is 2.27. The van der Waals surface area contributed by atoms with Gasteiger partial charge in [0, 0.05) is 24.5 Å². The second-order valence-electron chi connectivity index (χ2n) is 3.87. The first-order chi connectivity index (χ1) is 9.09. The van der Waals surface area contributed by atoms with Crippen LogP contribution in [0.4, 0.5) is 10.1 Å². The molecule has 0 saturated heterocycles. The maximum atomic E-state index is 14.1. The summed E-state index contributed by atoms with van der Waals surface area (Å²) in [6.07, 6.45) is 3.42. The van der Waals surface area contributed by atoms with E-state index in [4.69, 9.17) is 18.0 Å². The molecule has 3 nitrogen and oxygen atoms in total. The van der Waals surface area contributed by atoms with Crippen LogP contribution in [-0.2, 0) is 6.54 Å². The van der Waals surface area contributed by atoms with Crippen molar-refractivity contribution in [3.63, 3.8) is 0 Å². The van der Waals surface area contributed by atoms with Crippen LogP contribution >= 0.6 is 28.1 Å². The topological polar surface area (TPSA) is 50.9 Å². The maximum Gasteiger partial charge on any atom is 0.161 e. The zero-order valence-corrected chi connectivity index (χ0v) is 12.3. The minimum absolute atomic E-state index is 0.157. The van der Waals surface area contributed by atoms with E-state index in [2.05, 4.69) is 26.2 Å². The number of nitrogens with one attached hydrogen (secondary N) is 1. The van der Waals surface area contributed by atoms with Gasteiger partial charge in [-0.2, -0.15) is 0 Å². The fourth-order valence-electron chi connectivity index (χ4n) is 1.58. The van der Waals surface area contributed by atoms with Crippen LogP contribution in [0.3, 0.4) is 0 Å². The number of rotatable bonds is 4. The summed E-state index contributed by atoms with van der Waals surface area (Å²) in [5, 5.41) is 3.01. The van der Waals surface area contributed by atoms with Crippen molar-refractivity contribution in [2.45, 2.75) is 6.54 Å². The third kappa shape index (κ3) is 3.27. The summed E-state index contributed by atoms with van der Waals surface area (Å²) in [5.41, 5.74) is 7.34. The number of anilines is 1. The lowest BCUT2D eigenvalue weighted by molar-refractivity contribution is 0.623. The number of nitrogens with two attached hydrogens (primary N) is 1. The quantitative estimate of drug-likeness (QED) is 0.839. The summed E-state index contributed by atoms with van der Waals surface area (Å²) in [5.74, 6) is -0.408. The molecule has 0 unspecified atom stereocenters. The Balaban J connectivity index is 2.18. The minimum Gasteiger partial charge on any atom is -0.389 e. The standard InChI is InChI=1S/C13H11BrFN3S/c14-11-9(13(16)19)3-4-10(12(11)15)18-7-8-2-1-5-17-6-8/h1-6,18H,7H2,(H2,16,19). The molecule has 1 aromatic heterocycles. The fourth-order valence-corrected chi connectivity index (χ4v) is 2.44. The number of hydrogen-bond donors (Lipinski definition) is 2. The van der Waals surface area contributed by atoms with E-state index in [0.717, 1.165) is 5.56 Å². The fraction of sp³-hybridized carbons (Fsp3) is 0.0769. The minimum atomic E-state index is -0.408. The molecule has 0 bridgehead atoms. The van der Waals surface area contributed by atoms with Gasteiger partial charge in [0.05, 0.1) is 10.2 Å². The lowest BCUT2D eigenvalue weighted by Crippen LogP contribution is -2.12. The Kier molecular flexibility index (Phi) is 4.44. The Morgan fingerprint density at radius 1 is 1.42 bits per heavy atom. The predicted molar refractivity (Wildman–Crippen MR) is 81.6 cm³/mol. The zero-order chi connectivity index (χ0) is 13.8. The van der Waals surface area contributed by atoms with Gasteiger partial charge in [-0.3, -0.25) is 4.98 Å². The molecule has 0 saturated carbocycles. The summed E-state index contributed by atoms with van der Waals surface area (Å²) in [7, 11) is 0. The Labute approximate surface area is 124 Å². The lowest BCUT2D eigenvalue weighted by Gasteiger charge is -2.11. The molecule has 19 heavy (non-hydrogen) atoms. The van der Waals surface area contributed by atoms with Crippen LogP contribution in [0.2, 0.25) is 0 Å². The second-order valence-corrected chi connectivity index (χ2v) is 5.10. The van der Waals surface area contributed by atoms with Gasteiger partial charge in [0.25, 0.3) is 0 Å². The highest BCUT2D eigenvalue weighted by molar-refractivity contribution is 9.10. The van der Waals surface area contributed by atoms with E-state index in [1.54, 1.807) is 24.5 Å². The van der Waals surface area contributed by atoms with Crippen molar-refractivity contribution in [3.8, 4) is 0 Å². The number of nitrogens with zero attached hydrogens (tertiary/aromatic N) is 1. The Morgan fingerprint density at radius 2 is 2.21 bits per heavy atom. The van der Waals surface area contributed by atoms with Crippen molar-refractivity contribution in [2.75, 3.05) is 5.32 Å². The molecule has 6 heteroatoms. The predicted octanol–water partition coefficient (Wildman–Crippen LogP) is 3.23. The Hall–Kier alpha value is -1.53. The lowest BCUT2D eigenvalue weighted by atomic mass is 10.2. The monoisotopic (exact) mass is 339 g/mol. The van der Waals surface area contributed by atoms with Crippen LogP contribution in [0.5, 0.6) is 0 Å². The van der Waals surface area contributed by atoms with Gasteiger partial charge in [-0.25, -0.2) is 4.39 Å². The van der Waals surface area contributed by atoms with Gasteiger partial charge >= 0.3 is 0 Å². The van der Waals surface area contributed by atoms with Gasteiger partial charge in [-0.15, -0.1) is 0 Å². The molecule has 0 amide bonds. The molecule has 0 aliphatic rings. The molecular weight excluding hydrogens is 329 g/mol. The van der Waals surface area contributed by atoms with Gasteiger partial charge in [0.1, 0.15) is 4.99 Å².